The predicted octanol–water partition coefficient (Wildman–Crippen LogP) is 7.11. The Bertz CT molecular complexity index is 2310. The molecule has 20 nitrogen and oxygen atoms in total. The second-order valence-corrected chi connectivity index (χ2v) is 17.0. The van der Waals surface area contributed by atoms with Crippen LogP contribution in [0.15, 0.2) is 0 Å². The second kappa shape index (κ2) is 26.7. The van der Waals surface area contributed by atoms with E-state index in [1.165, 1.54) is 22.8 Å². The van der Waals surface area contributed by atoms with Crippen molar-refractivity contribution < 1.29 is 0 Å². The van der Waals surface area contributed by atoms with Crippen molar-refractivity contribution >= 4 is 0 Å². The highest BCUT2D eigenvalue weighted by Gasteiger charge is 2.04. The zero-order chi connectivity index (χ0) is 52.7. The summed E-state index contributed by atoms with van der Waals surface area (Å²) in [6.45, 7) is 40.0. The molecule has 0 saturated carbocycles. The van der Waals surface area contributed by atoms with Gasteiger partial charge in [0.1, 0.15) is 46.6 Å². The van der Waals surface area contributed by atoms with Crippen LogP contribution in [-0.2, 0) is 56.4 Å². The number of imidazole rings is 4. The van der Waals surface area contributed by atoms with Crippen LogP contribution in [0.1, 0.15) is 115 Å². The smallest absolute Gasteiger partial charge is 0.147 e. The summed E-state index contributed by atoms with van der Waals surface area (Å²) in [5.74, 6) is 7.95. The first-order valence-corrected chi connectivity index (χ1v) is 22.5. The lowest BCUT2D eigenvalue weighted by molar-refractivity contribution is 0.646. The molecule has 0 atom stereocenters. The van der Waals surface area contributed by atoms with Crippen LogP contribution < -0.4 is 0 Å². The average Bonchev–Trinajstić information content (AvgIpc) is 4.11. The minimum Gasteiger partial charge on any atom is -0.335 e. The molecule has 0 unspecified atom stereocenters. The third kappa shape index (κ3) is 17.9. The number of rotatable bonds is 0. The normalized spacial score (nSPS) is 10.1. The van der Waals surface area contributed by atoms with Crippen molar-refractivity contribution in [1.82, 2.24) is 97.7 Å². The number of nitrogens with zero attached hydrogens (tertiary/aromatic N) is 20. The minimum absolute atomic E-state index is 0.838. The summed E-state index contributed by atoms with van der Waals surface area (Å²) in [5.41, 5.74) is 13.7. The Kier molecular flexibility index (Phi) is 23.3. The van der Waals surface area contributed by atoms with E-state index < -0.39 is 0 Å². The van der Waals surface area contributed by atoms with Gasteiger partial charge < -0.3 is 18.3 Å². The zero-order valence-corrected chi connectivity index (χ0v) is 46.9. The summed E-state index contributed by atoms with van der Waals surface area (Å²) in [7, 11) is 15.6. The third-order valence-corrected chi connectivity index (χ3v) is 12.0. The van der Waals surface area contributed by atoms with E-state index >= 15 is 0 Å². The number of hydrogen-bond donors (Lipinski definition) is 0. The van der Waals surface area contributed by atoms with E-state index in [9.17, 15) is 0 Å². The second-order valence-electron chi connectivity index (χ2n) is 17.0. The van der Waals surface area contributed by atoms with Gasteiger partial charge in [0.15, 0.2) is 0 Å². The molecule has 8 aromatic rings. The van der Waals surface area contributed by atoms with Crippen molar-refractivity contribution in [3.05, 3.63) is 115 Å². The maximum absolute atomic E-state index is 4.27. The van der Waals surface area contributed by atoms with Crippen LogP contribution >= 0.6 is 0 Å². The molecule has 20 heteroatoms. The van der Waals surface area contributed by atoms with Gasteiger partial charge in [-0.25, -0.2) is 29.9 Å². The molecule has 0 saturated heterocycles. The first kappa shape index (κ1) is 59.4. The van der Waals surface area contributed by atoms with Crippen molar-refractivity contribution in [3.63, 3.8) is 0 Å². The van der Waals surface area contributed by atoms with Gasteiger partial charge in [0.2, 0.25) is 0 Å². The Morgan fingerprint density at radius 3 is 0.574 bits per heavy atom. The summed E-state index contributed by atoms with van der Waals surface area (Å²) in [6, 6.07) is 0. The minimum atomic E-state index is 0.838. The Balaban J connectivity index is 0.000000389. The maximum Gasteiger partial charge on any atom is 0.147 e. The lowest BCUT2D eigenvalue weighted by atomic mass is 10.4. The molecule has 0 aromatic carbocycles. The van der Waals surface area contributed by atoms with E-state index in [4.69, 9.17) is 0 Å². The van der Waals surface area contributed by atoms with Crippen LogP contribution in [-0.4, -0.2) is 97.7 Å². The number of hydrogen-bond acceptors (Lipinski definition) is 12. The van der Waals surface area contributed by atoms with Crippen molar-refractivity contribution in [3.8, 4) is 0 Å². The quantitative estimate of drug-likeness (QED) is 0.150. The Morgan fingerprint density at radius 1 is 0.250 bits per heavy atom. The lowest BCUT2D eigenvalue weighted by Crippen LogP contribution is -1.92. The van der Waals surface area contributed by atoms with E-state index in [1.807, 2.05) is 167 Å². The first-order valence-electron chi connectivity index (χ1n) is 22.5. The summed E-state index contributed by atoms with van der Waals surface area (Å²) >= 11 is 0. The molecule has 8 rings (SSSR count). The highest BCUT2D eigenvalue weighted by atomic mass is 15.5. The van der Waals surface area contributed by atoms with Crippen molar-refractivity contribution in [2.45, 2.75) is 138 Å². The van der Waals surface area contributed by atoms with Gasteiger partial charge in [-0.1, -0.05) is 5.21 Å². The maximum atomic E-state index is 4.27. The van der Waals surface area contributed by atoms with Gasteiger partial charge in [0, 0.05) is 79.2 Å². The zero-order valence-electron chi connectivity index (χ0n) is 46.9. The van der Waals surface area contributed by atoms with E-state index in [1.54, 1.807) is 18.8 Å². The fourth-order valence-corrected chi connectivity index (χ4v) is 5.88. The van der Waals surface area contributed by atoms with Crippen LogP contribution in [0, 0.1) is 138 Å². The summed E-state index contributed by atoms with van der Waals surface area (Å²) in [6.07, 6.45) is 0. The molecule has 0 radical (unpaired) electrons. The molecular formula is C48H84N20. The molecule has 0 aliphatic heterocycles. The van der Waals surface area contributed by atoms with E-state index in [-0.39, 0.29) is 0 Å². The molecular weight excluding hydrogens is 857 g/mol. The molecule has 0 spiro atoms. The van der Waals surface area contributed by atoms with Gasteiger partial charge in [-0.15, -0.1) is 5.10 Å². The fourth-order valence-electron chi connectivity index (χ4n) is 5.88. The molecule has 0 N–H and O–H groups in total. The van der Waals surface area contributed by atoms with Crippen molar-refractivity contribution in [1.29, 1.82) is 0 Å². The van der Waals surface area contributed by atoms with Gasteiger partial charge >= 0.3 is 0 Å². The van der Waals surface area contributed by atoms with Gasteiger partial charge in [0.05, 0.1) is 45.6 Å². The standard InChI is InChI=1S/4C7H12N2.4C5H9N3/c4*1-5-6(2)9(4)7(3)8-5;2*1-4-6-5(2)8(3)7-4;1-4-5(2)8(3)7-6-4;1-4-5(2)7-8(3)6-4/h4*1-4H3;4*1-3H3. The Morgan fingerprint density at radius 2 is 0.515 bits per heavy atom. The molecule has 0 aliphatic carbocycles. The van der Waals surface area contributed by atoms with Gasteiger partial charge in [-0.2, -0.15) is 25.2 Å². The largest absolute Gasteiger partial charge is 0.335 e. The van der Waals surface area contributed by atoms with Crippen LogP contribution in [0.3, 0.4) is 0 Å². The topological polar surface area (TPSA) is 194 Å². The Hall–Kier alpha value is -6.60. The van der Waals surface area contributed by atoms with Crippen LogP contribution in [0.25, 0.3) is 0 Å². The molecule has 8 heterocycles. The molecule has 68 heavy (non-hydrogen) atoms. The average molecular weight is 941 g/mol. The number of aryl methyl sites for hydroxylation is 19. The van der Waals surface area contributed by atoms with Gasteiger partial charge in [-0.3, -0.25) is 14.0 Å². The summed E-state index contributed by atoms with van der Waals surface area (Å²) in [4.78, 5) is 26.8. The molecule has 8 aromatic heterocycles. The Labute approximate surface area is 406 Å². The molecule has 0 amide bonds. The van der Waals surface area contributed by atoms with Gasteiger partial charge in [-0.05, 0) is 138 Å². The van der Waals surface area contributed by atoms with Crippen LogP contribution in [0.2, 0.25) is 0 Å². The highest BCUT2D eigenvalue weighted by Crippen LogP contribution is 2.08. The fraction of sp³-hybridized carbons (Fsp3) is 0.583. The highest BCUT2D eigenvalue weighted by molar-refractivity contribution is 5.14. The van der Waals surface area contributed by atoms with E-state index in [0.29, 0.717) is 0 Å². The lowest BCUT2D eigenvalue weighted by Gasteiger charge is -1.94. The summed E-state index contributed by atoms with van der Waals surface area (Å²) in [5, 5.41) is 23.7. The molecule has 0 aliphatic rings. The molecule has 0 bridgehead atoms. The van der Waals surface area contributed by atoms with Crippen molar-refractivity contribution in [2.24, 2.45) is 56.4 Å². The molecule has 376 valence electrons. The van der Waals surface area contributed by atoms with E-state index in [2.05, 4.69) is 107 Å². The predicted molar refractivity (Wildman–Crippen MR) is 272 cm³/mol. The third-order valence-electron chi connectivity index (χ3n) is 12.0. The van der Waals surface area contributed by atoms with Crippen LogP contribution in [0.5, 0.6) is 0 Å². The molecule has 0 fully saturated rings. The monoisotopic (exact) mass is 941 g/mol. The SMILES string of the molecule is Cc1nc(C)n(C)c1C.Cc1nc(C)n(C)c1C.Cc1nc(C)n(C)c1C.Cc1nc(C)n(C)c1C.Cc1nc(C)n(C)n1.Cc1nc(C)n(C)n1.Cc1nn(C)nc1C.Cc1nnn(C)c1C. The van der Waals surface area contributed by atoms with Gasteiger partial charge in [0.25, 0.3) is 0 Å². The van der Waals surface area contributed by atoms with Crippen molar-refractivity contribution in [2.75, 3.05) is 0 Å². The van der Waals surface area contributed by atoms with Crippen LogP contribution in [0.4, 0.5) is 0 Å². The first-order chi connectivity index (χ1) is 31.3. The number of aromatic nitrogens is 20. The van der Waals surface area contributed by atoms with E-state index in [0.717, 1.165) is 92.1 Å². The summed E-state index contributed by atoms with van der Waals surface area (Å²) < 4.78 is 13.6.